The smallest absolute Gasteiger partial charge is 0.264 e. The molecule has 4 aromatic rings. The Hall–Kier alpha value is -3.26. The van der Waals surface area contributed by atoms with E-state index in [2.05, 4.69) is 16.2 Å². The molecule has 0 aliphatic carbocycles. The number of benzene rings is 3. The molecule has 0 aliphatic heterocycles. The first kappa shape index (κ1) is 21.0. The molecule has 3 aromatic carbocycles. The topological polar surface area (TPSA) is 64.0 Å². The molecule has 0 spiro atoms. The van der Waals surface area contributed by atoms with Crippen LogP contribution in [0.2, 0.25) is 0 Å². The highest BCUT2D eigenvalue weighted by Gasteiger charge is 2.21. The zero-order valence-corrected chi connectivity index (χ0v) is 17.7. The van der Waals surface area contributed by atoms with Gasteiger partial charge in [0.25, 0.3) is 10.0 Å². The summed E-state index contributed by atoms with van der Waals surface area (Å²) in [5.74, 6) is -1.07. The molecule has 5 nitrogen and oxygen atoms in total. The van der Waals surface area contributed by atoms with Gasteiger partial charge in [0, 0.05) is 19.0 Å². The Balaban J connectivity index is 1.60. The van der Waals surface area contributed by atoms with Gasteiger partial charge in [0.15, 0.2) is 0 Å². The number of hydrogen-bond donors (Lipinski definition) is 1. The third kappa shape index (κ3) is 4.29. The number of nitrogens with one attached hydrogen (secondary N) is 1. The molecule has 0 atom stereocenters. The third-order valence-corrected chi connectivity index (χ3v) is 6.51. The molecule has 1 heterocycles. The second-order valence-electron chi connectivity index (χ2n) is 7.10. The molecule has 160 valence electrons. The summed E-state index contributed by atoms with van der Waals surface area (Å²) in [5, 5.41) is 0. The summed E-state index contributed by atoms with van der Waals surface area (Å²) in [6.07, 6.45) is 1.14. The highest BCUT2D eigenvalue weighted by atomic mass is 32.2. The van der Waals surface area contributed by atoms with Gasteiger partial charge >= 0.3 is 0 Å². The van der Waals surface area contributed by atoms with Crippen molar-refractivity contribution in [1.82, 2.24) is 9.55 Å². The van der Waals surface area contributed by atoms with Gasteiger partial charge < -0.3 is 4.57 Å². The van der Waals surface area contributed by atoms with Crippen LogP contribution in [0.5, 0.6) is 0 Å². The molecule has 0 saturated carbocycles. The number of aromatic nitrogens is 2. The van der Waals surface area contributed by atoms with E-state index in [0.29, 0.717) is 24.6 Å². The Morgan fingerprint density at radius 1 is 0.968 bits per heavy atom. The van der Waals surface area contributed by atoms with Crippen molar-refractivity contribution >= 4 is 26.7 Å². The number of halogens is 2. The Bertz CT molecular complexity index is 1350. The molecule has 0 saturated heterocycles. The summed E-state index contributed by atoms with van der Waals surface area (Å²) in [6, 6.07) is 17.2. The quantitative estimate of drug-likeness (QED) is 0.443. The number of hydrogen-bond acceptors (Lipinski definition) is 3. The van der Waals surface area contributed by atoms with E-state index >= 15 is 0 Å². The molecule has 1 N–H and O–H groups in total. The van der Waals surface area contributed by atoms with Gasteiger partial charge in [0.05, 0.1) is 16.7 Å². The van der Waals surface area contributed by atoms with Crippen molar-refractivity contribution < 1.29 is 17.2 Å². The summed E-state index contributed by atoms with van der Waals surface area (Å²) < 4.78 is 57.1. The summed E-state index contributed by atoms with van der Waals surface area (Å²) >= 11 is 0. The average Bonchev–Trinajstić information content (AvgIpc) is 3.10. The van der Waals surface area contributed by atoms with Gasteiger partial charge in [-0.3, -0.25) is 4.72 Å². The molecule has 0 radical (unpaired) electrons. The highest BCUT2D eigenvalue weighted by molar-refractivity contribution is 7.92. The van der Waals surface area contributed by atoms with Crippen molar-refractivity contribution in [2.24, 2.45) is 0 Å². The Morgan fingerprint density at radius 3 is 2.48 bits per heavy atom. The van der Waals surface area contributed by atoms with E-state index < -0.39 is 26.6 Å². The number of fused-ring (bicyclic) bond motifs is 1. The minimum Gasteiger partial charge on any atom is -0.328 e. The van der Waals surface area contributed by atoms with Crippen LogP contribution in [-0.4, -0.2) is 18.0 Å². The zero-order chi connectivity index (χ0) is 22.0. The lowest BCUT2D eigenvalue weighted by atomic mass is 10.1. The van der Waals surface area contributed by atoms with Crippen LogP contribution in [0, 0.1) is 11.6 Å². The van der Waals surface area contributed by atoms with Crippen molar-refractivity contribution in [2.75, 3.05) is 4.72 Å². The zero-order valence-electron chi connectivity index (χ0n) is 16.8. The number of sulfonamides is 1. The molecule has 31 heavy (non-hydrogen) atoms. The maximum Gasteiger partial charge on any atom is 0.264 e. The predicted octanol–water partition coefficient (Wildman–Crippen LogP) is 4.92. The number of para-hydroxylation sites is 3. The van der Waals surface area contributed by atoms with Crippen LogP contribution in [0.4, 0.5) is 14.5 Å². The monoisotopic (exact) mass is 441 g/mol. The van der Waals surface area contributed by atoms with Crippen LogP contribution >= 0.6 is 0 Å². The van der Waals surface area contributed by atoms with Gasteiger partial charge in [-0.2, -0.15) is 0 Å². The molecule has 0 bridgehead atoms. The van der Waals surface area contributed by atoms with Gasteiger partial charge in [-0.1, -0.05) is 30.3 Å². The first-order chi connectivity index (χ1) is 14.9. The Morgan fingerprint density at radius 2 is 1.71 bits per heavy atom. The second kappa shape index (κ2) is 8.47. The standard InChI is InChI=1S/C23H21F2N3O2S/c1-2-28-21-10-6-5-9-20(21)26-23(28)14-11-16-7-3-4-8-19(16)27-31(29,30)22-13-12-17(24)15-18(22)25/h3-10,12-13,15,27H,2,11,14H2,1H3. The van der Waals surface area contributed by atoms with Crippen LogP contribution in [0.15, 0.2) is 71.6 Å². The maximum absolute atomic E-state index is 14.0. The van der Waals surface area contributed by atoms with E-state index in [1.54, 1.807) is 12.1 Å². The largest absolute Gasteiger partial charge is 0.328 e. The molecular weight excluding hydrogens is 420 g/mol. The van der Waals surface area contributed by atoms with Crippen LogP contribution in [0.3, 0.4) is 0 Å². The molecule has 0 aliphatic rings. The predicted molar refractivity (Wildman–Crippen MR) is 116 cm³/mol. The number of nitrogens with zero attached hydrogens (tertiary/aromatic N) is 2. The van der Waals surface area contributed by atoms with E-state index in [0.717, 1.165) is 41.1 Å². The molecular formula is C23H21F2N3O2S. The van der Waals surface area contributed by atoms with Gasteiger partial charge in [0.1, 0.15) is 22.4 Å². The molecule has 4 rings (SSSR count). The van der Waals surface area contributed by atoms with Gasteiger partial charge in [-0.15, -0.1) is 0 Å². The average molecular weight is 442 g/mol. The molecule has 0 amide bonds. The van der Waals surface area contributed by atoms with Crippen LogP contribution in [0.25, 0.3) is 11.0 Å². The number of imidazole rings is 1. The molecule has 0 fully saturated rings. The Kier molecular flexibility index (Phi) is 5.73. The highest BCUT2D eigenvalue weighted by Crippen LogP contribution is 2.24. The van der Waals surface area contributed by atoms with E-state index in [4.69, 9.17) is 4.98 Å². The number of anilines is 1. The van der Waals surface area contributed by atoms with Crippen LogP contribution in [0.1, 0.15) is 18.3 Å². The van der Waals surface area contributed by atoms with Gasteiger partial charge in [-0.05, 0) is 49.2 Å². The van der Waals surface area contributed by atoms with Crippen molar-refractivity contribution in [3.05, 3.63) is 89.8 Å². The van der Waals surface area contributed by atoms with Crippen molar-refractivity contribution in [3.8, 4) is 0 Å². The fourth-order valence-electron chi connectivity index (χ4n) is 3.65. The summed E-state index contributed by atoms with van der Waals surface area (Å²) in [6.45, 7) is 2.82. The second-order valence-corrected chi connectivity index (χ2v) is 8.75. The first-order valence-corrected chi connectivity index (χ1v) is 11.4. The summed E-state index contributed by atoms with van der Waals surface area (Å²) in [4.78, 5) is 4.11. The minimum atomic E-state index is -4.21. The minimum absolute atomic E-state index is 0.352. The van der Waals surface area contributed by atoms with E-state index in [1.807, 2.05) is 36.4 Å². The summed E-state index contributed by atoms with van der Waals surface area (Å²) in [5.41, 5.74) is 3.08. The number of rotatable bonds is 7. The number of aryl methyl sites for hydroxylation is 3. The van der Waals surface area contributed by atoms with Gasteiger partial charge in [0.2, 0.25) is 0 Å². The fraction of sp³-hybridized carbons (Fsp3) is 0.174. The first-order valence-electron chi connectivity index (χ1n) is 9.89. The molecule has 8 heteroatoms. The van der Waals surface area contributed by atoms with Gasteiger partial charge in [-0.25, -0.2) is 22.2 Å². The maximum atomic E-state index is 14.0. The van der Waals surface area contributed by atoms with Crippen molar-refractivity contribution in [2.45, 2.75) is 31.2 Å². The normalized spacial score (nSPS) is 11.7. The van der Waals surface area contributed by atoms with E-state index in [9.17, 15) is 17.2 Å². The van der Waals surface area contributed by atoms with Crippen molar-refractivity contribution in [3.63, 3.8) is 0 Å². The Labute approximate surface area is 179 Å². The SMILES string of the molecule is CCn1c(CCc2ccccc2NS(=O)(=O)c2ccc(F)cc2F)nc2ccccc21. The lowest BCUT2D eigenvalue weighted by molar-refractivity contribution is 0.551. The third-order valence-electron chi connectivity index (χ3n) is 5.11. The van der Waals surface area contributed by atoms with E-state index in [1.165, 1.54) is 0 Å². The van der Waals surface area contributed by atoms with E-state index in [-0.39, 0.29) is 0 Å². The van der Waals surface area contributed by atoms with Crippen LogP contribution in [-0.2, 0) is 29.4 Å². The molecule has 1 aromatic heterocycles. The van der Waals surface area contributed by atoms with Crippen LogP contribution < -0.4 is 4.72 Å². The summed E-state index contributed by atoms with van der Waals surface area (Å²) in [7, 11) is -4.21. The van der Waals surface area contributed by atoms with Crippen molar-refractivity contribution in [1.29, 1.82) is 0 Å². The molecule has 0 unspecified atom stereocenters. The lowest BCUT2D eigenvalue weighted by Gasteiger charge is -2.13. The lowest BCUT2D eigenvalue weighted by Crippen LogP contribution is -2.16. The fourth-order valence-corrected chi connectivity index (χ4v) is 4.81.